The third-order valence-corrected chi connectivity index (χ3v) is 3.46. The van der Waals surface area contributed by atoms with Crippen molar-refractivity contribution in [3.63, 3.8) is 0 Å². The van der Waals surface area contributed by atoms with Gasteiger partial charge in [-0.3, -0.25) is 4.79 Å². The number of oxazole rings is 1. The van der Waals surface area contributed by atoms with Gasteiger partial charge in [0.1, 0.15) is 11.3 Å². The minimum absolute atomic E-state index is 0.0401. The number of anilines is 2. The van der Waals surface area contributed by atoms with E-state index in [-0.39, 0.29) is 23.5 Å². The van der Waals surface area contributed by atoms with Crippen LogP contribution in [-0.2, 0) is 11.2 Å². The molecule has 6 nitrogen and oxygen atoms in total. The Hall–Kier alpha value is -3.09. The topological polar surface area (TPSA) is 84.6 Å². The number of carboxylic acid groups (broad SMARTS) is 1. The van der Waals surface area contributed by atoms with Gasteiger partial charge in [0.05, 0.1) is 19.2 Å². The van der Waals surface area contributed by atoms with Crippen LogP contribution in [-0.4, -0.2) is 23.2 Å². The van der Waals surface area contributed by atoms with Crippen LogP contribution < -0.4 is 10.1 Å². The fourth-order valence-corrected chi connectivity index (χ4v) is 2.41. The van der Waals surface area contributed by atoms with E-state index in [1.807, 2.05) is 19.1 Å². The molecule has 0 aliphatic rings. The molecule has 124 valence electrons. The number of benzene rings is 2. The van der Waals surface area contributed by atoms with Crippen molar-refractivity contribution in [3.05, 3.63) is 47.3 Å². The summed E-state index contributed by atoms with van der Waals surface area (Å²) in [5.41, 5.74) is 2.17. The van der Waals surface area contributed by atoms with Crippen molar-refractivity contribution < 1.29 is 23.4 Å². The molecule has 7 heteroatoms. The molecule has 0 atom stereocenters. The number of methoxy groups -OCH3 is 1. The van der Waals surface area contributed by atoms with Crippen LogP contribution in [0.3, 0.4) is 0 Å². The van der Waals surface area contributed by atoms with Crippen LogP contribution >= 0.6 is 0 Å². The van der Waals surface area contributed by atoms with Gasteiger partial charge in [-0.2, -0.15) is 4.98 Å². The highest BCUT2D eigenvalue weighted by Crippen LogP contribution is 2.30. The Morgan fingerprint density at radius 1 is 1.38 bits per heavy atom. The third kappa shape index (κ3) is 3.15. The molecule has 2 N–H and O–H groups in total. The Morgan fingerprint density at radius 2 is 2.17 bits per heavy atom. The number of halogens is 1. The third-order valence-electron chi connectivity index (χ3n) is 3.46. The van der Waals surface area contributed by atoms with E-state index in [9.17, 15) is 9.18 Å². The molecule has 0 aliphatic carbocycles. The lowest BCUT2D eigenvalue weighted by atomic mass is 10.1. The average Bonchev–Trinajstić information content (AvgIpc) is 2.90. The molecule has 3 aromatic rings. The summed E-state index contributed by atoms with van der Waals surface area (Å²) in [6, 6.07) is 8.26. The van der Waals surface area contributed by atoms with E-state index < -0.39 is 11.8 Å². The highest BCUT2D eigenvalue weighted by Gasteiger charge is 2.15. The van der Waals surface area contributed by atoms with Crippen LogP contribution in [0.4, 0.5) is 16.1 Å². The summed E-state index contributed by atoms with van der Waals surface area (Å²) < 4.78 is 24.9. The maximum absolute atomic E-state index is 14.1. The number of aryl methyl sites for hydroxylation is 1. The Labute approximate surface area is 136 Å². The maximum atomic E-state index is 14.1. The lowest BCUT2D eigenvalue weighted by Gasteiger charge is -2.08. The van der Waals surface area contributed by atoms with Gasteiger partial charge in [-0.15, -0.1) is 0 Å². The molecule has 1 aromatic heterocycles. The SMILES string of the molecule is COc1ccc(C)cc1Nc1nc2c(F)cc(CC(=O)O)cc2o1. The number of nitrogens with one attached hydrogen (secondary N) is 1. The fraction of sp³-hybridized carbons (Fsp3) is 0.176. The van der Waals surface area contributed by atoms with Gasteiger partial charge in [-0.1, -0.05) is 6.07 Å². The van der Waals surface area contributed by atoms with E-state index in [1.165, 1.54) is 6.07 Å². The van der Waals surface area contributed by atoms with Crippen molar-refractivity contribution >= 4 is 28.8 Å². The van der Waals surface area contributed by atoms with E-state index >= 15 is 0 Å². The molecule has 1 heterocycles. The molecule has 0 unspecified atom stereocenters. The number of ether oxygens (including phenoxy) is 1. The van der Waals surface area contributed by atoms with E-state index in [0.29, 0.717) is 17.0 Å². The number of hydrogen-bond donors (Lipinski definition) is 2. The first kappa shape index (κ1) is 15.8. The number of aliphatic carboxylic acids is 1. The second-order valence-corrected chi connectivity index (χ2v) is 5.34. The minimum Gasteiger partial charge on any atom is -0.495 e. The first-order valence-corrected chi connectivity index (χ1v) is 7.18. The van der Waals surface area contributed by atoms with Crippen molar-refractivity contribution in [2.75, 3.05) is 12.4 Å². The molecule has 0 amide bonds. The summed E-state index contributed by atoms with van der Waals surface area (Å²) >= 11 is 0. The van der Waals surface area contributed by atoms with Gasteiger partial charge in [0.15, 0.2) is 11.4 Å². The van der Waals surface area contributed by atoms with E-state index in [4.69, 9.17) is 14.3 Å². The summed E-state index contributed by atoms with van der Waals surface area (Å²) in [7, 11) is 1.54. The van der Waals surface area contributed by atoms with E-state index in [2.05, 4.69) is 10.3 Å². The first-order chi connectivity index (χ1) is 11.5. The smallest absolute Gasteiger partial charge is 0.307 e. The van der Waals surface area contributed by atoms with E-state index in [0.717, 1.165) is 11.6 Å². The number of aromatic nitrogens is 1. The molecular formula is C17H15FN2O4. The molecule has 0 bridgehead atoms. The van der Waals surface area contributed by atoms with Crippen molar-refractivity contribution in [2.24, 2.45) is 0 Å². The second-order valence-electron chi connectivity index (χ2n) is 5.34. The molecule has 24 heavy (non-hydrogen) atoms. The van der Waals surface area contributed by atoms with Gasteiger partial charge < -0.3 is 19.6 Å². The predicted molar refractivity (Wildman–Crippen MR) is 86.3 cm³/mol. The molecule has 0 aliphatic heterocycles. The molecule has 0 saturated carbocycles. The lowest BCUT2D eigenvalue weighted by molar-refractivity contribution is -0.136. The monoisotopic (exact) mass is 330 g/mol. The lowest BCUT2D eigenvalue weighted by Crippen LogP contribution is -2.00. The molecule has 3 rings (SSSR count). The highest BCUT2D eigenvalue weighted by molar-refractivity contribution is 5.79. The zero-order chi connectivity index (χ0) is 17.3. The molecule has 2 aromatic carbocycles. The number of fused-ring (bicyclic) bond motifs is 1. The average molecular weight is 330 g/mol. The molecule has 0 saturated heterocycles. The summed E-state index contributed by atoms with van der Waals surface area (Å²) in [4.78, 5) is 14.8. The number of carboxylic acids is 1. The van der Waals surface area contributed by atoms with Gasteiger partial charge in [0, 0.05) is 0 Å². The van der Waals surface area contributed by atoms with Gasteiger partial charge in [-0.05, 0) is 42.3 Å². The van der Waals surface area contributed by atoms with Crippen LogP contribution in [0, 0.1) is 12.7 Å². The quantitative estimate of drug-likeness (QED) is 0.743. The normalized spacial score (nSPS) is 10.8. The van der Waals surface area contributed by atoms with Crippen LogP contribution in [0.15, 0.2) is 34.7 Å². The number of rotatable bonds is 5. The van der Waals surface area contributed by atoms with Gasteiger partial charge in [-0.25, -0.2) is 4.39 Å². The minimum atomic E-state index is -1.05. The maximum Gasteiger partial charge on any atom is 0.307 e. The summed E-state index contributed by atoms with van der Waals surface area (Å²) in [6.07, 6.45) is -0.290. The fourth-order valence-electron chi connectivity index (χ4n) is 2.41. The first-order valence-electron chi connectivity index (χ1n) is 7.18. The Bertz CT molecular complexity index is 920. The van der Waals surface area contributed by atoms with E-state index in [1.54, 1.807) is 13.2 Å². The Kier molecular flexibility index (Phi) is 4.07. The van der Waals surface area contributed by atoms with Gasteiger partial charge in [0.2, 0.25) is 0 Å². The number of carbonyl (C=O) groups is 1. The van der Waals surface area contributed by atoms with Crippen LogP contribution in [0.25, 0.3) is 11.1 Å². The second kappa shape index (κ2) is 6.19. The summed E-state index contributed by atoms with van der Waals surface area (Å²) in [5.74, 6) is -1.08. The molecule has 0 fully saturated rings. The predicted octanol–water partition coefficient (Wildman–Crippen LogP) is 3.65. The number of hydrogen-bond acceptors (Lipinski definition) is 5. The van der Waals surface area contributed by atoms with Crippen LogP contribution in [0.2, 0.25) is 0 Å². The van der Waals surface area contributed by atoms with Crippen LogP contribution in [0.1, 0.15) is 11.1 Å². The zero-order valence-corrected chi connectivity index (χ0v) is 13.1. The van der Waals surface area contributed by atoms with Crippen molar-refractivity contribution in [2.45, 2.75) is 13.3 Å². The zero-order valence-electron chi connectivity index (χ0n) is 13.1. The molecular weight excluding hydrogens is 315 g/mol. The van der Waals surface area contributed by atoms with Crippen molar-refractivity contribution in [1.29, 1.82) is 0 Å². The highest BCUT2D eigenvalue weighted by atomic mass is 19.1. The Morgan fingerprint density at radius 3 is 2.88 bits per heavy atom. The largest absolute Gasteiger partial charge is 0.495 e. The van der Waals surface area contributed by atoms with Crippen molar-refractivity contribution in [3.8, 4) is 5.75 Å². The Balaban J connectivity index is 1.98. The summed E-state index contributed by atoms with van der Waals surface area (Å²) in [5, 5.41) is 11.8. The van der Waals surface area contributed by atoms with Crippen LogP contribution in [0.5, 0.6) is 5.75 Å². The van der Waals surface area contributed by atoms with Gasteiger partial charge in [0.25, 0.3) is 6.01 Å². The standard InChI is InChI=1S/C17H15FN2O4/c1-9-3-4-13(23-2)12(5-9)19-17-20-16-11(18)6-10(8-15(21)22)7-14(16)24-17/h3-7H,8H2,1-2H3,(H,19,20)(H,21,22). The summed E-state index contributed by atoms with van der Waals surface area (Å²) in [6.45, 7) is 1.93. The molecule has 0 radical (unpaired) electrons. The van der Waals surface area contributed by atoms with Crippen molar-refractivity contribution in [1.82, 2.24) is 4.98 Å². The molecule has 0 spiro atoms. The number of nitrogens with zero attached hydrogens (tertiary/aromatic N) is 1. The van der Waals surface area contributed by atoms with Gasteiger partial charge >= 0.3 is 5.97 Å².